The van der Waals surface area contributed by atoms with E-state index in [1.54, 1.807) is 0 Å². The van der Waals surface area contributed by atoms with E-state index in [0.29, 0.717) is 18.2 Å². The quantitative estimate of drug-likeness (QED) is 0.567. The molecule has 0 spiro atoms. The summed E-state index contributed by atoms with van der Waals surface area (Å²) in [4.78, 5) is 0. The highest BCUT2D eigenvalue weighted by atomic mass is 35.5. The summed E-state index contributed by atoms with van der Waals surface area (Å²) in [5, 5.41) is 2.97. The Labute approximate surface area is 102 Å². The van der Waals surface area contributed by atoms with Gasteiger partial charge in [-0.25, -0.2) is 0 Å². The predicted octanol–water partition coefficient (Wildman–Crippen LogP) is 3.46. The van der Waals surface area contributed by atoms with Gasteiger partial charge >= 0.3 is 5.51 Å². The van der Waals surface area contributed by atoms with Crippen LogP contribution in [0.15, 0.2) is 0 Å². The summed E-state index contributed by atoms with van der Waals surface area (Å²) in [7, 11) is 0. The molecule has 0 aliphatic rings. The molecule has 92 valence electrons. The van der Waals surface area contributed by atoms with Gasteiger partial charge in [0, 0.05) is 29.6 Å². The van der Waals surface area contributed by atoms with E-state index in [2.05, 4.69) is 5.32 Å². The second-order valence-corrected chi connectivity index (χ2v) is 4.82. The van der Waals surface area contributed by atoms with Crippen LogP contribution >= 0.6 is 35.0 Å². The van der Waals surface area contributed by atoms with Crippen LogP contribution in [0.3, 0.4) is 0 Å². The molecule has 0 saturated heterocycles. The fraction of sp³-hybridized carbons (Fsp3) is 1.00. The first-order valence-corrected chi connectivity index (χ1v) is 6.52. The molecule has 1 N–H and O–H groups in total. The minimum atomic E-state index is -4.17. The van der Waals surface area contributed by atoms with Crippen LogP contribution in [0, 0.1) is 0 Å². The first-order valence-electron chi connectivity index (χ1n) is 4.47. The fourth-order valence-corrected chi connectivity index (χ4v) is 2.22. The molecule has 0 aliphatic carbocycles. The van der Waals surface area contributed by atoms with Gasteiger partial charge in [0.15, 0.2) is 0 Å². The van der Waals surface area contributed by atoms with Crippen molar-refractivity contribution in [3.8, 4) is 0 Å². The van der Waals surface area contributed by atoms with E-state index in [4.69, 9.17) is 23.2 Å². The average Bonchev–Trinajstić information content (AvgIpc) is 2.18. The second kappa shape index (κ2) is 7.09. The summed E-state index contributed by atoms with van der Waals surface area (Å²) in [5.74, 6) is 0.562. The number of nitrogens with one attached hydrogen (secondary N) is 1. The van der Waals surface area contributed by atoms with E-state index in [9.17, 15) is 13.2 Å². The molecule has 0 bridgehead atoms. The third-order valence-corrected chi connectivity index (χ3v) is 3.81. The lowest BCUT2D eigenvalue weighted by atomic mass is 10.0. The first-order chi connectivity index (χ1) is 6.89. The Morgan fingerprint density at radius 1 is 1.20 bits per heavy atom. The Hall–Kier alpha value is 0.680. The van der Waals surface area contributed by atoms with Gasteiger partial charge in [-0.15, -0.1) is 23.2 Å². The van der Waals surface area contributed by atoms with Crippen LogP contribution in [0.5, 0.6) is 0 Å². The monoisotopic (exact) mass is 283 g/mol. The van der Waals surface area contributed by atoms with Crippen LogP contribution in [-0.4, -0.2) is 35.1 Å². The topological polar surface area (TPSA) is 12.0 Å². The Balaban J connectivity index is 3.82. The maximum absolute atomic E-state index is 11.8. The minimum Gasteiger partial charge on any atom is -0.308 e. The van der Waals surface area contributed by atoms with Crippen molar-refractivity contribution < 1.29 is 13.2 Å². The van der Waals surface area contributed by atoms with Gasteiger partial charge in [0.2, 0.25) is 0 Å². The molecule has 0 saturated carbocycles. The zero-order valence-corrected chi connectivity index (χ0v) is 10.7. The smallest absolute Gasteiger partial charge is 0.308 e. The SMILES string of the molecule is CCC(CCl)(CCl)NCCSC(F)(F)F. The zero-order valence-electron chi connectivity index (χ0n) is 8.33. The average molecular weight is 284 g/mol. The van der Waals surface area contributed by atoms with Crippen molar-refractivity contribution in [2.45, 2.75) is 24.4 Å². The standard InChI is InChI=1S/C8H14Cl2F3NS/c1-2-7(5-9,6-10)14-3-4-15-8(11,12)13/h14H,2-6H2,1H3. The molecule has 15 heavy (non-hydrogen) atoms. The molecule has 0 aromatic heterocycles. The van der Waals surface area contributed by atoms with E-state index in [-0.39, 0.29) is 24.1 Å². The highest BCUT2D eigenvalue weighted by Gasteiger charge is 2.29. The Kier molecular flexibility index (Phi) is 7.41. The maximum Gasteiger partial charge on any atom is 0.441 e. The molecule has 0 aromatic carbocycles. The molecule has 0 amide bonds. The third kappa shape index (κ3) is 6.76. The van der Waals surface area contributed by atoms with Crippen LogP contribution in [0.2, 0.25) is 0 Å². The van der Waals surface area contributed by atoms with Gasteiger partial charge in [-0.1, -0.05) is 6.92 Å². The third-order valence-electron chi connectivity index (χ3n) is 2.06. The lowest BCUT2D eigenvalue weighted by Gasteiger charge is -2.29. The first kappa shape index (κ1) is 15.7. The number of alkyl halides is 5. The molecular formula is C8H14Cl2F3NS. The van der Waals surface area contributed by atoms with Crippen LogP contribution in [0.25, 0.3) is 0 Å². The summed E-state index contributed by atoms with van der Waals surface area (Å²) >= 11 is 11.4. The van der Waals surface area contributed by atoms with E-state index in [1.807, 2.05) is 6.92 Å². The van der Waals surface area contributed by atoms with Crippen molar-refractivity contribution in [2.24, 2.45) is 0 Å². The molecule has 0 radical (unpaired) electrons. The van der Waals surface area contributed by atoms with Gasteiger partial charge in [-0.2, -0.15) is 13.2 Å². The maximum atomic E-state index is 11.8. The lowest BCUT2D eigenvalue weighted by Crippen LogP contribution is -2.49. The fourth-order valence-electron chi connectivity index (χ4n) is 0.927. The lowest BCUT2D eigenvalue weighted by molar-refractivity contribution is -0.0327. The molecule has 0 unspecified atom stereocenters. The van der Waals surface area contributed by atoms with E-state index >= 15 is 0 Å². The Morgan fingerprint density at radius 2 is 1.73 bits per heavy atom. The second-order valence-electron chi connectivity index (χ2n) is 3.12. The van der Waals surface area contributed by atoms with Gasteiger partial charge < -0.3 is 5.32 Å². The molecule has 7 heteroatoms. The zero-order chi connectivity index (χ0) is 11.9. The van der Waals surface area contributed by atoms with Gasteiger partial charge in [0.25, 0.3) is 0 Å². The highest BCUT2D eigenvalue weighted by molar-refractivity contribution is 8.00. The summed E-state index contributed by atoms with van der Waals surface area (Å²) in [6.45, 7) is 2.14. The van der Waals surface area contributed by atoms with Crippen LogP contribution in [0.1, 0.15) is 13.3 Å². The number of hydrogen-bond acceptors (Lipinski definition) is 2. The van der Waals surface area contributed by atoms with Gasteiger partial charge in [0.1, 0.15) is 0 Å². The van der Waals surface area contributed by atoms with Crippen molar-refractivity contribution >= 4 is 35.0 Å². The van der Waals surface area contributed by atoms with Crippen LogP contribution in [-0.2, 0) is 0 Å². The molecule has 0 aromatic rings. The van der Waals surface area contributed by atoms with Crippen LogP contribution in [0.4, 0.5) is 13.2 Å². The molecule has 0 fully saturated rings. The highest BCUT2D eigenvalue weighted by Crippen LogP contribution is 2.29. The Bertz CT molecular complexity index is 165. The normalized spacial score (nSPS) is 13.2. The van der Waals surface area contributed by atoms with E-state index in [0.717, 1.165) is 0 Å². The van der Waals surface area contributed by atoms with Gasteiger partial charge in [-0.05, 0) is 18.2 Å². The van der Waals surface area contributed by atoms with Crippen molar-refractivity contribution in [1.82, 2.24) is 5.32 Å². The van der Waals surface area contributed by atoms with Gasteiger partial charge in [0.05, 0.1) is 0 Å². The molecule has 0 aliphatic heterocycles. The summed E-state index contributed by atoms with van der Waals surface area (Å²) in [5.41, 5.74) is -4.62. The molecule has 0 heterocycles. The minimum absolute atomic E-state index is 0.0287. The largest absolute Gasteiger partial charge is 0.441 e. The van der Waals surface area contributed by atoms with Crippen molar-refractivity contribution in [1.29, 1.82) is 0 Å². The number of hydrogen-bond donors (Lipinski definition) is 1. The Morgan fingerprint density at radius 3 is 2.07 bits per heavy atom. The van der Waals surface area contributed by atoms with E-state index < -0.39 is 11.0 Å². The summed E-state index contributed by atoms with van der Waals surface area (Å²) in [6.07, 6.45) is 0.691. The van der Waals surface area contributed by atoms with Crippen molar-refractivity contribution in [3.63, 3.8) is 0 Å². The molecule has 0 rings (SSSR count). The van der Waals surface area contributed by atoms with Crippen molar-refractivity contribution in [3.05, 3.63) is 0 Å². The van der Waals surface area contributed by atoms with Crippen molar-refractivity contribution in [2.75, 3.05) is 24.1 Å². The predicted molar refractivity (Wildman–Crippen MR) is 61.0 cm³/mol. The molecular weight excluding hydrogens is 270 g/mol. The summed E-state index contributed by atoms with van der Waals surface area (Å²) in [6, 6.07) is 0. The number of thioether (sulfide) groups is 1. The van der Waals surface area contributed by atoms with Crippen LogP contribution < -0.4 is 5.32 Å². The number of rotatable bonds is 7. The van der Waals surface area contributed by atoms with E-state index in [1.165, 1.54) is 0 Å². The van der Waals surface area contributed by atoms with Gasteiger partial charge in [-0.3, -0.25) is 0 Å². The number of halogens is 5. The molecule has 0 atom stereocenters. The summed E-state index contributed by atoms with van der Waals surface area (Å²) < 4.78 is 35.4. The molecule has 1 nitrogen and oxygen atoms in total.